The molecule has 0 aromatic carbocycles. The normalized spacial score (nSPS) is 17.9. The molecular weight excluding hydrogens is 282 g/mol. The maximum Gasteiger partial charge on any atom is 0.470 e. The first-order valence-electron chi connectivity index (χ1n) is 2.45. The van der Waals surface area contributed by atoms with Gasteiger partial charge in [0.15, 0.2) is 0 Å². The van der Waals surface area contributed by atoms with Crippen molar-refractivity contribution in [3.05, 3.63) is 0 Å². The third-order valence-electron chi connectivity index (χ3n) is 0.670. The molecule has 0 aliphatic rings. The maximum atomic E-state index is 10.2. The van der Waals surface area contributed by atoms with Gasteiger partial charge in [-0.2, -0.15) is 0 Å². The molecule has 0 aliphatic carbocycles. The number of halogens is 3. The van der Waals surface area contributed by atoms with Crippen LogP contribution in [-0.2, 0) is 9.09 Å². The third-order valence-corrected chi connectivity index (χ3v) is 3.46. The summed E-state index contributed by atoms with van der Waals surface area (Å²) in [6, 6.07) is 0. The van der Waals surface area contributed by atoms with Crippen LogP contribution in [0.4, 0.5) is 0 Å². The monoisotopic (exact) mass is 286 g/mol. The zero-order valence-corrected chi connectivity index (χ0v) is 9.15. The van der Waals surface area contributed by atoms with Gasteiger partial charge < -0.3 is 9.79 Å². The van der Waals surface area contributed by atoms with Gasteiger partial charge in [0.1, 0.15) is 5.01 Å². The molecule has 0 amide bonds. The lowest BCUT2D eigenvalue weighted by atomic mass is 10.5. The van der Waals surface area contributed by atoms with E-state index < -0.39 is 18.2 Å². The first-order chi connectivity index (χ1) is 4.87. The van der Waals surface area contributed by atoms with Crippen molar-refractivity contribution in [1.29, 1.82) is 0 Å². The maximum absolute atomic E-state index is 10.2. The lowest BCUT2D eigenvalue weighted by Gasteiger charge is -2.14. The largest absolute Gasteiger partial charge is 0.470 e. The summed E-state index contributed by atoms with van der Waals surface area (Å²) < 4.78 is 14.4. The van der Waals surface area contributed by atoms with Gasteiger partial charge in [-0.05, 0) is 0 Å². The molecule has 2 N–H and O–H groups in total. The summed E-state index contributed by atoms with van der Waals surface area (Å²) in [5.74, 6) is 0.0392. The van der Waals surface area contributed by atoms with Gasteiger partial charge in [0.2, 0.25) is 0 Å². The van der Waals surface area contributed by atoms with Crippen molar-refractivity contribution < 1.29 is 18.9 Å². The van der Waals surface area contributed by atoms with Crippen LogP contribution in [0.3, 0.4) is 0 Å². The Bertz CT molecular complexity index is 161. The van der Waals surface area contributed by atoms with Crippen LogP contribution in [0.15, 0.2) is 0 Å². The quantitative estimate of drug-likeness (QED) is 0.610. The highest BCUT2D eigenvalue weighted by Gasteiger charge is 2.25. The lowest BCUT2D eigenvalue weighted by molar-refractivity contribution is 0.185. The molecule has 4 nitrogen and oxygen atoms in total. The Hall–Kier alpha value is 1.17. The highest BCUT2D eigenvalue weighted by atomic mass is 79.9. The summed E-state index contributed by atoms with van der Waals surface area (Å²) >= 11 is 13.6. The van der Waals surface area contributed by atoms with Gasteiger partial charge in [0.05, 0.1) is 5.38 Å². The fraction of sp³-hybridized carbons (Fsp3) is 1.00. The number of hydrogen-bond acceptors (Lipinski definition) is 2. The molecule has 0 aromatic rings. The molecule has 2 atom stereocenters. The number of phosphoric ester groups is 1. The van der Waals surface area contributed by atoms with Crippen molar-refractivity contribution >= 4 is 47.0 Å². The van der Waals surface area contributed by atoms with E-state index in [0.717, 1.165) is 0 Å². The Morgan fingerprint density at radius 3 is 2.36 bits per heavy atom. The summed E-state index contributed by atoms with van der Waals surface area (Å²) in [4.78, 5) is 16.6. The summed E-state index contributed by atoms with van der Waals surface area (Å²) in [5, 5.41) is -1.62. The zero-order valence-electron chi connectivity index (χ0n) is 5.15. The van der Waals surface area contributed by atoms with Crippen LogP contribution < -0.4 is 0 Å². The molecule has 0 spiro atoms. The van der Waals surface area contributed by atoms with E-state index in [0.29, 0.717) is 0 Å². The molecule has 0 rings (SSSR count). The second kappa shape index (κ2) is 5.02. The van der Waals surface area contributed by atoms with E-state index in [2.05, 4.69) is 20.5 Å². The van der Waals surface area contributed by atoms with Crippen molar-refractivity contribution in [3.63, 3.8) is 0 Å². The van der Waals surface area contributed by atoms with Crippen LogP contribution in [0.1, 0.15) is 0 Å². The van der Waals surface area contributed by atoms with Crippen molar-refractivity contribution in [2.24, 2.45) is 0 Å². The molecule has 0 aliphatic heterocycles. The van der Waals surface area contributed by atoms with Crippen molar-refractivity contribution in [3.8, 4) is 0 Å². The van der Waals surface area contributed by atoms with Crippen LogP contribution in [0.25, 0.3) is 0 Å². The number of alkyl halides is 3. The topological polar surface area (TPSA) is 66.8 Å². The Kier molecular flexibility index (Phi) is 5.55. The summed E-state index contributed by atoms with van der Waals surface area (Å²) in [5.41, 5.74) is 0. The van der Waals surface area contributed by atoms with Crippen LogP contribution in [0.5, 0.6) is 0 Å². The molecule has 2 unspecified atom stereocenters. The van der Waals surface area contributed by atoms with Crippen molar-refractivity contribution in [2.45, 2.75) is 10.4 Å². The van der Waals surface area contributed by atoms with Gasteiger partial charge in [0, 0.05) is 5.88 Å². The van der Waals surface area contributed by atoms with Gasteiger partial charge in [-0.15, -0.1) is 23.2 Å². The molecule has 0 radical (unpaired) electrons. The zero-order chi connectivity index (χ0) is 9.07. The minimum Gasteiger partial charge on any atom is -0.303 e. The summed E-state index contributed by atoms with van der Waals surface area (Å²) in [6.45, 7) is 0. The van der Waals surface area contributed by atoms with E-state index in [1.165, 1.54) is 0 Å². The summed E-state index contributed by atoms with van der Waals surface area (Å²) in [7, 11) is -4.48. The lowest BCUT2D eigenvalue weighted by Crippen LogP contribution is -2.18. The highest BCUT2D eigenvalue weighted by Crippen LogP contribution is 2.40. The minimum atomic E-state index is -4.48. The SMILES string of the molecule is O=P(O)(O)OC(Br)C(Cl)CCl. The predicted octanol–water partition coefficient (Wildman–Crippen LogP) is 1.66. The van der Waals surface area contributed by atoms with Crippen LogP contribution >= 0.6 is 47.0 Å². The average molecular weight is 288 g/mol. The second-order valence-corrected chi connectivity index (χ2v) is 4.58. The first-order valence-corrected chi connectivity index (χ1v) is 5.86. The molecule has 0 aromatic heterocycles. The van der Waals surface area contributed by atoms with Crippen LogP contribution in [-0.4, -0.2) is 26.1 Å². The van der Waals surface area contributed by atoms with E-state index in [4.69, 9.17) is 33.0 Å². The van der Waals surface area contributed by atoms with Crippen LogP contribution in [0.2, 0.25) is 0 Å². The molecule has 0 bridgehead atoms. The van der Waals surface area contributed by atoms with Crippen LogP contribution in [0, 0.1) is 0 Å². The Morgan fingerprint density at radius 2 is 2.09 bits per heavy atom. The third kappa shape index (κ3) is 6.34. The molecule has 0 saturated heterocycles. The predicted molar refractivity (Wildman–Crippen MR) is 46.2 cm³/mol. The Labute approximate surface area is 82.2 Å². The van der Waals surface area contributed by atoms with Gasteiger partial charge in [-0.25, -0.2) is 4.57 Å². The molecule has 8 heteroatoms. The molecule has 0 saturated carbocycles. The van der Waals surface area contributed by atoms with Crippen molar-refractivity contribution in [1.82, 2.24) is 0 Å². The standard InChI is InChI=1S/C3H6BrCl2O4P/c4-3(2(6)1-5)10-11(7,8)9/h2-3H,1H2,(H2,7,8,9). The average Bonchev–Trinajstić information content (AvgIpc) is 1.82. The Balaban J connectivity index is 3.87. The molecule has 0 heterocycles. The fourth-order valence-electron chi connectivity index (χ4n) is 0.267. The van der Waals surface area contributed by atoms with Gasteiger partial charge in [-0.3, -0.25) is 4.52 Å². The molecule has 11 heavy (non-hydrogen) atoms. The van der Waals surface area contributed by atoms with E-state index >= 15 is 0 Å². The molecule has 0 fully saturated rings. The Morgan fingerprint density at radius 1 is 1.64 bits per heavy atom. The molecular formula is C3H6BrCl2O4P. The summed E-state index contributed by atoms with van der Waals surface area (Å²) in [6.07, 6.45) is 0. The van der Waals surface area contributed by atoms with E-state index in [1.54, 1.807) is 0 Å². The fourth-order valence-corrected chi connectivity index (χ4v) is 2.02. The van der Waals surface area contributed by atoms with E-state index in [1.807, 2.05) is 0 Å². The van der Waals surface area contributed by atoms with Gasteiger partial charge >= 0.3 is 7.82 Å². The number of hydrogen-bond donors (Lipinski definition) is 2. The van der Waals surface area contributed by atoms with E-state index in [-0.39, 0.29) is 5.88 Å². The molecule has 68 valence electrons. The first kappa shape index (κ1) is 12.2. The minimum absolute atomic E-state index is 0.0392. The highest BCUT2D eigenvalue weighted by molar-refractivity contribution is 9.09. The number of rotatable bonds is 4. The van der Waals surface area contributed by atoms with Gasteiger partial charge in [0.25, 0.3) is 0 Å². The van der Waals surface area contributed by atoms with Gasteiger partial charge in [-0.1, -0.05) is 15.9 Å². The van der Waals surface area contributed by atoms with E-state index in [9.17, 15) is 4.57 Å². The number of phosphoric acid groups is 1. The second-order valence-electron chi connectivity index (χ2n) is 1.62. The smallest absolute Gasteiger partial charge is 0.303 e. The van der Waals surface area contributed by atoms with Crippen molar-refractivity contribution in [2.75, 3.05) is 5.88 Å².